The van der Waals surface area contributed by atoms with E-state index in [1.54, 1.807) is 0 Å². The molecule has 0 amide bonds. The highest BCUT2D eigenvalue weighted by Crippen LogP contribution is 2.10. The summed E-state index contributed by atoms with van der Waals surface area (Å²) in [5, 5.41) is 0. The van der Waals surface area contributed by atoms with Gasteiger partial charge in [-0.1, -0.05) is 43.3 Å². The lowest BCUT2D eigenvalue weighted by Crippen LogP contribution is -2.07. The molecule has 0 spiro atoms. The molecule has 0 saturated carbocycles. The van der Waals surface area contributed by atoms with Gasteiger partial charge in [0.1, 0.15) is 0 Å². The summed E-state index contributed by atoms with van der Waals surface area (Å²) < 4.78 is 4.73. The summed E-state index contributed by atoms with van der Waals surface area (Å²) in [7, 11) is 1.41. The van der Waals surface area contributed by atoms with E-state index < -0.39 is 0 Å². The number of esters is 1. The van der Waals surface area contributed by atoms with E-state index in [2.05, 4.69) is 0 Å². The molecule has 2 heteroatoms. The van der Waals surface area contributed by atoms with E-state index in [9.17, 15) is 4.79 Å². The van der Waals surface area contributed by atoms with Gasteiger partial charge >= 0.3 is 5.97 Å². The summed E-state index contributed by atoms with van der Waals surface area (Å²) in [6.07, 6.45) is 3.40. The van der Waals surface area contributed by atoms with E-state index in [0.717, 1.165) is 17.6 Å². The summed E-state index contributed by atoms with van der Waals surface area (Å²) in [5.41, 5.74) is 1.86. The standard InChI is InChI=1S/C13H16O2/c1-3-7-12(13(14)15-2)10-11-8-5-4-6-9-11/h4-9H,3,10H2,1-2H3. The Labute approximate surface area is 90.6 Å². The van der Waals surface area contributed by atoms with Crippen LogP contribution < -0.4 is 0 Å². The molecule has 0 fully saturated rings. The van der Waals surface area contributed by atoms with E-state index in [1.807, 2.05) is 43.3 Å². The molecule has 0 aliphatic carbocycles. The minimum Gasteiger partial charge on any atom is -0.466 e. The molecule has 0 atom stereocenters. The van der Waals surface area contributed by atoms with Crippen molar-refractivity contribution in [3.63, 3.8) is 0 Å². The first-order valence-corrected chi connectivity index (χ1v) is 5.09. The average molecular weight is 204 g/mol. The third-order valence-corrected chi connectivity index (χ3v) is 2.14. The van der Waals surface area contributed by atoms with Gasteiger partial charge in [-0.2, -0.15) is 0 Å². The van der Waals surface area contributed by atoms with Gasteiger partial charge in [0.05, 0.1) is 7.11 Å². The van der Waals surface area contributed by atoms with Gasteiger partial charge < -0.3 is 4.74 Å². The summed E-state index contributed by atoms with van der Waals surface area (Å²) in [6.45, 7) is 2.01. The second-order valence-electron chi connectivity index (χ2n) is 3.29. The minimum absolute atomic E-state index is 0.235. The predicted molar refractivity (Wildman–Crippen MR) is 60.5 cm³/mol. The first-order chi connectivity index (χ1) is 7.27. The van der Waals surface area contributed by atoms with Crippen LogP contribution in [-0.2, 0) is 16.0 Å². The zero-order chi connectivity index (χ0) is 11.1. The van der Waals surface area contributed by atoms with Gasteiger partial charge in [0.25, 0.3) is 0 Å². The molecule has 0 radical (unpaired) electrons. The number of allylic oxidation sites excluding steroid dienone is 1. The van der Waals surface area contributed by atoms with Crippen molar-refractivity contribution in [1.82, 2.24) is 0 Å². The molecule has 1 aromatic carbocycles. The molecule has 0 aromatic heterocycles. The molecule has 0 bridgehead atoms. The van der Waals surface area contributed by atoms with E-state index in [1.165, 1.54) is 7.11 Å². The molecular formula is C13H16O2. The van der Waals surface area contributed by atoms with Crippen molar-refractivity contribution in [3.05, 3.63) is 47.5 Å². The second kappa shape index (κ2) is 6.02. The van der Waals surface area contributed by atoms with Crippen LogP contribution >= 0.6 is 0 Å². The van der Waals surface area contributed by atoms with Crippen LogP contribution in [0.3, 0.4) is 0 Å². The Kier molecular flexibility index (Phi) is 4.61. The SMILES string of the molecule is CCC=C(Cc1ccccc1)C(=O)OC. The van der Waals surface area contributed by atoms with Gasteiger partial charge in [-0.15, -0.1) is 0 Å². The molecule has 0 unspecified atom stereocenters. The lowest BCUT2D eigenvalue weighted by molar-refractivity contribution is -0.136. The van der Waals surface area contributed by atoms with Gasteiger partial charge in [0, 0.05) is 12.0 Å². The van der Waals surface area contributed by atoms with Crippen LogP contribution in [0.2, 0.25) is 0 Å². The van der Waals surface area contributed by atoms with Gasteiger partial charge in [0.2, 0.25) is 0 Å². The van der Waals surface area contributed by atoms with Gasteiger partial charge in [-0.05, 0) is 12.0 Å². The van der Waals surface area contributed by atoms with Crippen molar-refractivity contribution in [1.29, 1.82) is 0 Å². The smallest absolute Gasteiger partial charge is 0.333 e. The van der Waals surface area contributed by atoms with Crippen molar-refractivity contribution in [2.24, 2.45) is 0 Å². The summed E-state index contributed by atoms with van der Waals surface area (Å²) in [6, 6.07) is 9.91. The van der Waals surface area contributed by atoms with Crippen LogP contribution in [-0.4, -0.2) is 13.1 Å². The molecule has 0 saturated heterocycles. The fourth-order valence-corrected chi connectivity index (χ4v) is 1.42. The molecule has 15 heavy (non-hydrogen) atoms. The molecule has 0 N–H and O–H groups in total. The summed E-state index contributed by atoms with van der Waals surface area (Å²) in [5.74, 6) is -0.235. The van der Waals surface area contributed by atoms with Crippen LogP contribution in [0, 0.1) is 0 Å². The van der Waals surface area contributed by atoms with Crippen LogP contribution in [0.25, 0.3) is 0 Å². The zero-order valence-electron chi connectivity index (χ0n) is 9.19. The van der Waals surface area contributed by atoms with Crippen molar-refractivity contribution >= 4 is 5.97 Å². The molecule has 0 heterocycles. The normalized spacial score (nSPS) is 11.2. The number of rotatable bonds is 4. The lowest BCUT2D eigenvalue weighted by Gasteiger charge is -2.05. The largest absolute Gasteiger partial charge is 0.466 e. The number of carbonyl (C=O) groups excluding carboxylic acids is 1. The lowest BCUT2D eigenvalue weighted by atomic mass is 10.0. The van der Waals surface area contributed by atoms with Crippen molar-refractivity contribution in [2.75, 3.05) is 7.11 Å². The van der Waals surface area contributed by atoms with Crippen LogP contribution in [0.5, 0.6) is 0 Å². The predicted octanol–water partition coefficient (Wildman–Crippen LogP) is 2.74. The molecule has 0 aliphatic rings. The van der Waals surface area contributed by atoms with Crippen molar-refractivity contribution in [2.45, 2.75) is 19.8 Å². The third kappa shape index (κ3) is 3.58. The topological polar surface area (TPSA) is 26.3 Å². The highest BCUT2D eigenvalue weighted by atomic mass is 16.5. The number of benzene rings is 1. The fraction of sp³-hybridized carbons (Fsp3) is 0.308. The number of carbonyl (C=O) groups is 1. The quantitative estimate of drug-likeness (QED) is 0.557. The van der Waals surface area contributed by atoms with E-state index in [0.29, 0.717) is 6.42 Å². The maximum absolute atomic E-state index is 11.4. The Morgan fingerprint density at radius 3 is 2.53 bits per heavy atom. The van der Waals surface area contributed by atoms with Crippen LogP contribution in [0.15, 0.2) is 42.0 Å². The Balaban J connectivity index is 2.76. The summed E-state index contributed by atoms with van der Waals surface area (Å²) in [4.78, 5) is 11.4. The van der Waals surface area contributed by atoms with Gasteiger partial charge in [0.15, 0.2) is 0 Å². The zero-order valence-corrected chi connectivity index (χ0v) is 9.19. The van der Waals surface area contributed by atoms with E-state index >= 15 is 0 Å². The monoisotopic (exact) mass is 204 g/mol. The number of hydrogen-bond donors (Lipinski definition) is 0. The Bertz CT molecular complexity index is 339. The fourth-order valence-electron chi connectivity index (χ4n) is 1.42. The third-order valence-electron chi connectivity index (χ3n) is 2.14. The van der Waals surface area contributed by atoms with E-state index in [-0.39, 0.29) is 5.97 Å². The number of methoxy groups -OCH3 is 1. The maximum Gasteiger partial charge on any atom is 0.333 e. The number of hydrogen-bond acceptors (Lipinski definition) is 2. The second-order valence-corrected chi connectivity index (χ2v) is 3.29. The molecule has 1 rings (SSSR count). The van der Waals surface area contributed by atoms with Crippen molar-refractivity contribution in [3.8, 4) is 0 Å². The van der Waals surface area contributed by atoms with E-state index in [4.69, 9.17) is 4.74 Å². The Morgan fingerprint density at radius 1 is 1.33 bits per heavy atom. The highest BCUT2D eigenvalue weighted by molar-refractivity contribution is 5.88. The molecule has 2 nitrogen and oxygen atoms in total. The van der Waals surface area contributed by atoms with Gasteiger partial charge in [-0.3, -0.25) is 0 Å². The molecular weight excluding hydrogens is 188 g/mol. The first-order valence-electron chi connectivity index (χ1n) is 5.09. The van der Waals surface area contributed by atoms with Crippen molar-refractivity contribution < 1.29 is 9.53 Å². The highest BCUT2D eigenvalue weighted by Gasteiger charge is 2.08. The Hall–Kier alpha value is -1.57. The average Bonchev–Trinajstić information content (AvgIpc) is 2.29. The summed E-state index contributed by atoms with van der Waals surface area (Å²) >= 11 is 0. The van der Waals surface area contributed by atoms with Gasteiger partial charge in [-0.25, -0.2) is 4.79 Å². The maximum atomic E-state index is 11.4. The van der Waals surface area contributed by atoms with Crippen LogP contribution in [0.4, 0.5) is 0 Å². The minimum atomic E-state index is -0.235. The van der Waals surface area contributed by atoms with Crippen LogP contribution in [0.1, 0.15) is 18.9 Å². The molecule has 0 aliphatic heterocycles. The first kappa shape index (κ1) is 11.5. The molecule has 80 valence electrons. The molecule has 1 aromatic rings. The number of ether oxygens (including phenoxy) is 1. The Morgan fingerprint density at radius 2 is 2.00 bits per heavy atom.